The van der Waals surface area contributed by atoms with E-state index in [9.17, 15) is 4.79 Å². The number of aromatic nitrogens is 4. The fourth-order valence-electron chi connectivity index (χ4n) is 2.45. The van der Waals surface area contributed by atoms with Crippen molar-refractivity contribution in [2.24, 2.45) is 0 Å². The summed E-state index contributed by atoms with van der Waals surface area (Å²) in [5, 5.41) is 0. The minimum Gasteiger partial charge on any atom is -0.326 e. The summed E-state index contributed by atoms with van der Waals surface area (Å²) < 4.78 is 0. The summed E-state index contributed by atoms with van der Waals surface area (Å²) in [6.07, 6.45) is 0.508. The maximum absolute atomic E-state index is 12.1. The highest BCUT2D eigenvalue weighted by Crippen LogP contribution is 2.22. The monoisotopic (exact) mass is 296 g/mol. The molecule has 3 rings (SSSR count). The molecule has 0 saturated carbocycles. The third-order valence-electron chi connectivity index (χ3n) is 3.74. The fourth-order valence-corrected chi connectivity index (χ4v) is 2.45. The Hall–Kier alpha value is -2.43. The highest BCUT2D eigenvalue weighted by molar-refractivity contribution is 5.65. The molecule has 5 nitrogen and oxygen atoms in total. The predicted octanol–water partition coefficient (Wildman–Crippen LogP) is 2.84. The van der Waals surface area contributed by atoms with Crippen LogP contribution in [-0.2, 0) is 11.8 Å². The highest BCUT2D eigenvalue weighted by atomic mass is 16.1. The van der Waals surface area contributed by atoms with Gasteiger partial charge in [-0.15, -0.1) is 0 Å². The van der Waals surface area contributed by atoms with E-state index < -0.39 is 0 Å². The molecular weight excluding hydrogens is 276 g/mol. The van der Waals surface area contributed by atoms with Gasteiger partial charge in [-0.2, -0.15) is 0 Å². The molecule has 0 aliphatic rings. The third-order valence-corrected chi connectivity index (χ3v) is 3.74. The summed E-state index contributed by atoms with van der Waals surface area (Å²) in [5.41, 5.74) is 3.92. The van der Waals surface area contributed by atoms with Crippen molar-refractivity contribution in [3.05, 3.63) is 57.3 Å². The number of H-pyrrole nitrogens is 2. The van der Waals surface area contributed by atoms with Crippen LogP contribution in [-0.4, -0.2) is 19.9 Å². The molecule has 0 aliphatic heterocycles. The molecule has 5 heteroatoms. The SMILES string of the molecule is Cc1nc2[nH]c(=O)c(Cc3ccc(C(C)(C)C)cc3)nc2[nH]1. The van der Waals surface area contributed by atoms with E-state index >= 15 is 0 Å². The standard InChI is InChI=1S/C17H20N4O/c1-10-18-14-15(19-10)21-16(22)13(20-14)9-11-5-7-12(8-6-11)17(2,3)4/h5-8H,9H2,1-4H3,(H2,18,19,20,21,22). The summed E-state index contributed by atoms with van der Waals surface area (Å²) >= 11 is 0. The number of nitrogens with one attached hydrogen (secondary N) is 2. The van der Waals surface area contributed by atoms with Gasteiger partial charge in [0.1, 0.15) is 11.5 Å². The van der Waals surface area contributed by atoms with Crippen LogP contribution >= 0.6 is 0 Å². The minimum atomic E-state index is -0.182. The lowest BCUT2D eigenvalue weighted by Gasteiger charge is -2.19. The highest BCUT2D eigenvalue weighted by Gasteiger charge is 2.13. The smallest absolute Gasteiger partial charge is 0.271 e. The maximum Gasteiger partial charge on any atom is 0.271 e. The van der Waals surface area contributed by atoms with Crippen molar-refractivity contribution < 1.29 is 0 Å². The van der Waals surface area contributed by atoms with Crippen molar-refractivity contribution in [2.75, 3.05) is 0 Å². The first-order valence-electron chi connectivity index (χ1n) is 7.38. The summed E-state index contributed by atoms with van der Waals surface area (Å²) in [6, 6.07) is 8.35. The summed E-state index contributed by atoms with van der Waals surface area (Å²) in [6.45, 7) is 8.39. The number of hydrogen-bond donors (Lipinski definition) is 2. The topological polar surface area (TPSA) is 74.4 Å². The van der Waals surface area contributed by atoms with Crippen molar-refractivity contribution in [1.29, 1.82) is 0 Å². The van der Waals surface area contributed by atoms with E-state index in [4.69, 9.17) is 0 Å². The van der Waals surface area contributed by atoms with Gasteiger partial charge in [-0.3, -0.25) is 4.79 Å². The van der Waals surface area contributed by atoms with Crippen molar-refractivity contribution >= 4 is 11.3 Å². The van der Waals surface area contributed by atoms with E-state index in [0.717, 1.165) is 11.4 Å². The summed E-state index contributed by atoms with van der Waals surface area (Å²) in [7, 11) is 0. The molecule has 0 atom stereocenters. The predicted molar refractivity (Wildman–Crippen MR) is 87.2 cm³/mol. The zero-order chi connectivity index (χ0) is 15.9. The molecule has 0 fully saturated rings. The van der Waals surface area contributed by atoms with Gasteiger partial charge < -0.3 is 9.97 Å². The number of benzene rings is 1. The van der Waals surface area contributed by atoms with E-state index in [0.29, 0.717) is 23.4 Å². The van der Waals surface area contributed by atoms with Gasteiger partial charge in [-0.1, -0.05) is 45.0 Å². The molecule has 2 aromatic heterocycles. The quantitative estimate of drug-likeness (QED) is 0.763. The molecule has 0 amide bonds. The second-order valence-corrected chi connectivity index (χ2v) is 6.66. The Morgan fingerprint density at radius 3 is 2.27 bits per heavy atom. The first kappa shape index (κ1) is 14.5. The molecule has 2 heterocycles. The molecule has 0 saturated heterocycles. The zero-order valence-electron chi connectivity index (χ0n) is 13.3. The van der Waals surface area contributed by atoms with Crippen LogP contribution < -0.4 is 5.56 Å². The largest absolute Gasteiger partial charge is 0.326 e. The molecule has 0 spiro atoms. The number of aromatic amines is 2. The molecule has 1 aromatic carbocycles. The number of imidazole rings is 1. The molecule has 22 heavy (non-hydrogen) atoms. The summed E-state index contributed by atoms with van der Waals surface area (Å²) in [4.78, 5) is 26.5. The van der Waals surface area contributed by atoms with Crippen LogP contribution in [0.5, 0.6) is 0 Å². The number of nitrogens with zero attached hydrogens (tertiary/aromatic N) is 2. The van der Waals surface area contributed by atoms with Gasteiger partial charge in [0.05, 0.1) is 0 Å². The van der Waals surface area contributed by atoms with Gasteiger partial charge >= 0.3 is 0 Å². The van der Waals surface area contributed by atoms with Gasteiger partial charge in [0, 0.05) is 6.42 Å². The Bertz CT molecular complexity index is 866. The van der Waals surface area contributed by atoms with Gasteiger partial charge in [0.15, 0.2) is 11.3 Å². The van der Waals surface area contributed by atoms with Crippen LogP contribution in [0.15, 0.2) is 29.1 Å². The molecule has 0 radical (unpaired) electrons. The van der Waals surface area contributed by atoms with Crippen LogP contribution in [0.2, 0.25) is 0 Å². The summed E-state index contributed by atoms with van der Waals surface area (Å²) in [5.74, 6) is 0.741. The molecule has 3 aromatic rings. The number of rotatable bonds is 2. The average Bonchev–Trinajstić information content (AvgIpc) is 2.78. The molecule has 0 unspecified atom stereocenters. The lowest BCUT2D eigenvalue weighted by atomic mass is 9.86. The van der Waals surface area contributed by atoms with E-state index in [2.05, 4.69) is 65.0 Å². The Balaban J connectivity index is 1.92. The number of hydrogen-bond acceptors (Lipinski definition) is 3. The lowest BCUT2D eigenvalue weighted by Crippen LogP contribution is -2.16. The van der Waals surface area contributed by atoms with E-state index in [1.165, 1.54) is 5.56 Å². The van der Waals surface area contributed by atoms with Gasteiger partial charge in [0.25, 0.3) is 5.56 Å². The maximum atomic E-state index is 12.1. The van der Waals surface area contributed by atoms with Crippen molar-refractivity contribution in [2.45, 2.75) is 39.5 Å². The Morgan fingerprint density at radius 2 is 1.64 bits per heavy atom. The van der Waals surface area contributed by atoms with Gasteiger partial charge in [-0.05, 0) is 23.5 Å². The molecule has 114 valence electrons. The van der Waals surface area contributed by atoms with Crippen molar-refractivity contribution in [3.8, 4) is 0 Å². The minimum absolute atomic E-state index is 0.126. The number of aryl methyl sites for hydroxylation is 1. The number of fused-ring (bicyclic) bond motifs is 1. The zero-order valence-corrected chi connectivity index (χ0v) is 13.3. The average molecular weight is 296 g/mol. The second-order valence-electron chi connectivity index (χ2n) is 6.66. The van der Waals surface area contributed by atoms with Crippen molar-refractivity contribution in [1.82, 2.24) is 19.9 Å². The van der Waals surface area contributed by atoms with Gasteiger partial charge in [-0.25, -0.2) is 9.97 Å². The first-order valence-corrected chi connectivity index (χ1v) is 7.38. The Kier molecular flexibility index (Phi) is 3.35. The molecule has 0 bridgehead atoms. The lowest BCUT2D eigenvalue weighted by molar-refractivity contribution is 0.590. The van der Waals surface area contributed by atoms with Gasteiger partial charge in [0.2, 0.25) is 0 Å². The van der Waals surface area contributed by atoms with E-state index in [-0.39, 0.29) is 11.0 Å². The Morgan fingerprint density at radius 1 is 1.00 bits per heavy atom. The van der Waals surface area contributed by atoms with E-state index in [1.807, 2.05) is 6.92 Å². The second kappa shape index (κ2) is 5.09. The third kappa shape index (κ3) is 2.79. The van der Waals surface area contributed by atoms with Crippen molar-refractivity contribution in [3.63, 3.8) is 0 Å². The first-order chi connectivity index (χ1) is 10.3. The van der Waals surface area contributed by atoms with Crippen LogP contribution in [0.1, 0.15) is 43.4 Å². The fraction of sp³-hybridized carbons (Fsp3) is 0.353. The van der Waals surface area contributed by atoms with Crippen LogP contribution in [0.3, 0.4) is 0 Å². The molecule has 0 aliphatic carbocycles. The van der Waals surface area contributed by atoms with E-state index in [1.54, 1.807) is 0 Å². The normalized spacial score (nSPS) is 12.0. The molecular formula is C17H20N4O. The van der Waals surface area contributed by atoms with Crippen LogP contribution in [0.4, 0.5) is 0 Å². The van der Waals surface area contributed by atoms with Crippen LogP contribution in [0, 0.1) is 6.92 Å². The van der Waals surface area contributed by atoms with Crippen LogP contribution in [0.25, 0.3) is 11.3 Å². The Labute approximate surface area is 128 Å². The molecule has 2 N–H and O–H groups in total.